The predicted molar refractivity (Wildman–Crippen MR) is 186 cm³/mol. The van der Waals surface area contributed by atoms with E-state index < -0.39 is 28.8 Å². The average Bonchev–Trinajstić information content (AvgIpc) is 2.95. The number of aliphatic hydroxyl groups is 2. The van der Waals surface area contributed by atoms with Gasteiger partial charge >= 0.3 is 0 Å². The fraction of sp³-hybridized carbons (Fsp3) is 0.450. The SMILES string of the molecule is CC1=C(/C=C/C(C)=C/C=C/C(C)=C/C=C/C=C(C)/C=C/C=C(C)/C=C/[C@@]23OO[C@]2(C)C(=O)[C@@H](O)CC3(C)C)C(C)(C)C[C@H](O)C1=O. The van der Waals surface area contributed by atoms with E-state index in [2.05, 4.69) is 13.8 Å². The van der Waals surface area contributed by atoms with Crippen molar-refractivity contribution in [2.24, 2.45) is 10.8 Å². The Morgan fingerprint density at radius 3 is 1.72 bits per heavy atom. The minimum atomic E-state index is -1.21. The van der Waals surface area contributed by atoms with Crippen molar-refractivity contribution in [1.82, 2.24) is 0 Å². The normalized spacial score (nSPS) is 31.3. The predicted octanol–water partition coefficient (Wildman–Crippen LogP) is 8.05. The Hall–Kier alpha value is -3.42. The maximum atomic E-state index is 12.7. The van der Waals surface area contributed by atoms with Crippen molar-refractivity contribution in [3.05, 3.63) is 119 Å². The molecule has 0 aromatic heterocycles. The Labute approximate surface area is 275 Å². The summed E-state index contributed by atoms with van der Waals surface area (Å²) >= 11 is 0. The highest BCUT2D eigenvalue weighted by molar-refractivity contribution is 6.00. The number of hydrogen-bond acceptors (Lipinski definition) is 6. The van der Waals surface area contributed by atoms with Crippen LogP contribution in [0.15, 0.2) is 119 Å². The molecule has 3 aliphatic rings. The van der Waals surface area contributed by atoms with Crippen molar-refractivity contribution in [2.75, 3.05) is 0 Å². The van der Waals surface area contributed by atoms with Crippen molar-refractivity contribution in [3.63, 3.8) is 0 Å². The average molecular weight is 629 g/mol. The van der Waals surface area contributed by atoms with Gasteiger partial charge in [-0.1, -0.05) is 129 Å². The summed E-state index contributed by atoms with van der Waals surface area (Å²) in [5.74, 6) is -0.522. The molecule has 6 nitrogen and oxygen atoms in total. The third-order valence-electron chi connectivity index (χ3n) is 9.40. The van der Waals surface area contributed by atoms with Crippen LogP contribution in [0, 0.1) is 10.8 Å². The third kappa shape index (κ3) is 7.92. The van der Waals surface area contributed by atoms with Crippen molar-refractivity contribution in [2.45, 2.75) is 105 Å². The number of ketones is 2. The quantitative estimate of drug-likeness (QED) is 0.188. The van der Waals surface area contributed by atoms with E-state index in [0.717, 1.165) is 27.9 Å². The van der Waals surface area contributed by atoms with Crippen molar-refractivity contribution >= 4 is 11.6 Å². The Balaban J connectivity index is 1.55. The van der Waals surface area contributed by atoms with Gasteiger partial charge in [0.2, 0.25) is 0 Å². The van der Waals surface area contributed by atoms with E-state index in [1.807, 2.05) is 127 Å². The lowest BCUT2D eigenvalue weighted by atomic mass is 9.56. The first-order valence-electron chi connectivity index (χ1n) is 16.0. The zero-order chi connectivity index (χ0) is 34.5. The largest absolute Gasteiger partial charge is 0.385 e. The summed E-state index contributed by atoms with van der Waals surface area (Å²) in [6, 6.07) is 0. The van der Waals surface area contributed by atoms with E-state index in [1.165, 1.54) is 0 Å². The van der Waals surface area contributed by atoms with Crippen LogP contribution in [-0.2, 0) is 19.4 Å². The Morgan fingerprint density at radius 1 is 0.696 bits per heavy atom. The molecule has 3 rings (SSSR count). The van der Waals surface area contributed by atoms with Gasteiger partial charge in [-0.15, -0.1) is 0 Å². The van der Waals surface area contributed by atoms with Gasteiger partial charge in [0.05, 0.1) is 0 Å². The zero-order valence-corrected chi connectivity index (χ0v) is 29.2. The second kappa shape index (κ2) is 14.6. The van der Waals surface area contributed by atoms with Crippen LogP contribution in [-0.4, -0.2) is 45.2 Å². The van der Waals surface area contributed by atoms with Crippen LogP contribution in [0.3, 0.4) is 0 Å². The molecule has 1 saturated heterocycles. The molecule has 0 amide bonds. The standard InChI is InChI=1S/C40H52O6/c1-27(17-13-19-29(3)21-22-32-31(5)35(43)33(41)25-37(32,6)7)15-11-12-16-28(2)18-14-20-30(4)23-24-40-38(8,9)26-34(42)36(44)39(40,10)45-46-40/h11-24,33-34,41-42H,25-26H2,1-10H3/b12-11+,17-13+,18-14+,22-21+,24-23+,27-15+,28-16+,29-19+,30-20+/t33-,34-,39+,40-/m0/s1. The summed E-state index contributed by atoms with van der Waals surface area (Å²) in [6.45, 7) is 19.7. The van der Waals surface area contributed by atoms with E-state index in [4.69, 9.17) is 9.78 Å². The minimum Gasteiger partial charge on any atom is -0.385 e. The molecule has 1 heterocycles. The maximum absolute atomic E-state index is 12.7. The molecule has 0 aromatic carbocycles. The fourth-order valence-corrected chi connectivity index (χ4v) is 6.43. The van der Waals surface area contributed by atoms with Crippen LogP contribution >= 0.6 is 0 Å². The van der Waals surface area contributed by atoms with Crippen LogP contribution in [0.1, 0.15) is 82.1 Å². The molecule has 46 heavy (non-hydrogen) atoms. The fourth-order valence-electron chi connectivity index (χ4n) is 6.43. The van der Waals surface area contributed by atoms with Crippen LogP contribution in [0.5, 0.6) is 0 Å². The van der Waals surface area contributed by atoms with E-state index in [9.17, 15) is 19.8 Å². The number of allylic oxidation sites excluding steroid dienone is 18. The number of Topliss-reactive ketones (excluding diaryl/α,β-unsaturated/α-hetero) is 2. The smallest absolute Gasteiger partial charge is 0.199 e. The van der Waals surface area contributed by atoms with Crippen LogP contribution < -0.4 is 0 Å². The van der Waals surface area contributed by atoms with Crippen LogP contribution in [0.25, 0.3) is 0 Å². The molecule has 0 spiro atoms. The number of aliphatic hydroxyl groups excluding tert-OH is 2. The summed E-state index contributed by atoms with van der Waals surface area (Å²) in [6.07, 6.45) is 26.8. The maximum Gasteiger partial charge on any atom is 0.199 e. The van der Waals surface area contributed by atoms with E-state index in [-0.39, 0.29) is 17.0 Å². The molecule has 2 aliphatic carbocycles. The molecule has 0 unspecified atom stereocenters. The zero-order valence-electron chi connectivity index (χ0n) is 29.2. The monoisotopic (exact) mass is 628 g/mol. The summed E-state index contributed by atoms with van der Waals surface area (Å²) in [4.78, 5) is 35.8. The topological polar surface area (TPSA) is 93.1 Å². The molecule has 0 bridgehead atoms. The molecule has 248 valence electrons. The van der Waals surface area contributed by atoms with E-state index in [1.54, 1.807) is 13.8 Å². The highest BCUT2D eigenvalue weighted by atomic mass is 17.3. The number of rotatable bonds is 10. The molecule has 0 aromatic rings. The van der Waals surface area contributed by atoms with Gasteiger partial charge in [-0.2, -0.15) is 0 Å². The highest BCUT2D eigenvalue weighted by Gasteiger charge is 2.74. The summed E-state index contributed by atoms with van der Waals surface area (Å²) in [5, 5.41) is 20.3. The molecule has 0 radical (unpaired) electrons. The lowest BCUT2D eigenvalue weighted by molar-refractivity contribution is -0.544. The van der Waals surface area contributed by atoms with Crippen LogP contribution in [0.2, 0.25) is 0 Å². The second-order valence-corrected chi connectivity index (χ2v) is 14.3. The van der Waals surface area contributed by atoms with Gasteiger partial charge < -0.3 is 10.2 Å². The summed E-state index contributed by atoms with van der Waals surface area (Å²) < 4.78 is 0. The first kappa shape index (κ1) is 37.0. The molecule has 1 aliphatic heterocycles. The lowest BCUT2D eigenvalue weighted by Crippen LogP contribution is -2.78. The van der Waals surface area contributed by atoms with Gasteiger partial charge in [-0.05, 0) is 77.0 Å². The molecule has 4 atom stereocenters. The van der Waals surface area contributed by atoms with Crippen molar-refractivity contribution in [3.8, 4) is 0 Å². The van der Waals surface area contributed by atoms with Gasteiger partial charge in [0.1, 0.15) is 12.2 Å². The number of carbonyl (C=O) groups excluding carboxylic acids is 2. The molecular weight excluding hydrogens is 576 g/mol. The minimum absolute atomic E-state index is 0.180. The third-order valence-corrected chi connectivity index (χ3v) is 9.40. The lowest BCUT2D eigenvalue weighted by Gasteiger charge is -2.62. The van der Waals surface area contributed by atoms with Crippen molar-refractivity contribution < 1.29 is 29.6 Å². The van der Waals surface area contributed by atoms with Gasteiger partial charge in [-0.3, -0.25) is 9.59 Å². The highest BCUT2D eigenvalue weighted by Crippen LogP contribution is 2.58. The summed E-state index contributed by atoms with van der Waals surface area (Å²) in [5.41, 5.74) is 3.00. The molecule has 1 saturated carbocycles. The molecule has 2 fully saturated rings. The van der Waals surface area contributed by atoms with Crippen molar-refractivity contribution in [1.29, 1.82) is 0 Å². The molecular formula is C40H52O6. The number of hydrogen-bond donors (Lipinski definition) is 2. The van der Waals surface area contributed by atoms with Gasteiger partial charge in [0.25, 0.3) is 0 Å². The van der Waals surface area contributed by atoms with Gasteiger partial charge in [-0.25, -0.2) is 9.78 Å². The number of fused-ring (bicyclic) bond motifs is 1. The van der Waals surface area contributed by atoms with Gasteiger partial charge in [0.15, 0.2) is 22.8 Å². The summed E-state index contributed by atoms with van der Waals surface area (Å²) in [7, 11) is 0. The number of carbonyl (C=O) groups is 2. The molecule has 6 heteroatoms. The van der Waals surface area contributed by atoms with E-state index in [0.29, 0.717) is 18.4 Å². The Kier molecular flexibility index (Phi) is 11.7. The first-order chi connectivity index (χ1) is 21.4. The van der Waals surface area contributed by atoms with E-state index >= 15 is 0 Å². The Bertz CT molecular complexity index is 1520. The Morgan fingerprint density at radius 2 is 1.20 bits per heavy atom. The first-order valence-corrected chi connectivity index (χ1v) is 16.0. The van der Waals surface area contributed by atoms with Gasteiger partial charge in [0, 0.05) is 5.41 Å². The molecule has 2 N–H and O–H groups in total. The van der Waals surface area contributed by atoms with Crippen LogP contribution in [0.4, 0.5) is 0 Å². The second-order valence-electron chi connectivity index (χ2n) is 14.3.